The highest BCUT2D eigenvalue weighted by Crippen LogP contribution is 2.31. The molecule has 0 saturated carbocycles. The molecular weight excluding hydrogens is 543 g/mol. The van der Waals surface area contributed by atoms with E-state index in [0.717, 1.165) is 16.4 Å². The van der Waals surface area contributed by atoms with Gasteiger partial charge in [-0.2, -0.15) is 30.2 Å². The quantitative estimate of drug-likeness (QED) is 0.392. The van der Waals surface area contributed by atoms with Gasteiger partial charge in [0, 0.05) is 25.2 Å². The van der Waals surface area contributed by atoms with E-state index in [1.54, 1.807) is 31.2 Å². The average molecular weight is 570 g/mol. The number of alkyl halides is 3. The highest BCUT2D eigenvalue weighted by Gasteiger charge is 2.33. The minimum Gasteiger partial charge on any atom is -0.486 e. The maximum Gasteiger partial charge on any atom is 0.416 e. The molecule has 1 fully saturated rings. The Morgan fingerprint density at radius 1 is 1.15 bits per heavy atom. The predicted molar refractivity (Wildman–Crippen MR) is 132 cm³/mol. The molecule has 1 aromatic heterocycles. The number of ether oxygens (including phenoxy) is 2. The lowest BCUT2D eigenvalue weighted by molar-refractivity contribution is -0.138. The topological polar surface area (TPSA) is 122 Å². The lowest BCUT2D eigenvalue weighted by atomic mass is 10.1. The molecule has 0 aliphatic carbocycles. The standard InChI is InChI=1S/C25H26F3N3O7S/c1-17-22(38-24(29-17)19-5-7-20(8-6-19)25(26,27)28)16-37-21-4-2-3-18(13-21)14-31(15-23(32)33)39(34,35)30-9-11-36-12-10-30/h2-8,13H,9-12,14-16H2,1H3,(H,32,33). The van der Waals surface area contributed by atoms with Crippen molar-refractivity contribution in [3.63, 3.8) is 0 Å². The average Bonchev–Trinajstić information content (AvgIpc) is 3.27. The molecule has 0 unspecified atom stereocenters. The first kappa shape index (κ1) is 28.5. The van der Waals surface area contributed by atoms with Crippen LogP contribution < -0.4 is 4.74 Å². The number of rotatable bonds is 10. The molecule has 1 saturated heterocycles. The molecule has 0 amide bonds. The monoisotopic (exact) mass is 569 g/mol. The van der Waals surface area contributed by atoms with Gasteiger partial charge in [0.2, 0.25) is 5.89 Å². The molecule has 3 aromatic rings. The Hall–Kier alpha value is -3.46. The summed E-state index contributed by atoms with van der Waals surface area (Å²) in [7, 11) is -4.05. The van der Waals surface area contributed by atoms with Gasteiger partial charge in [-0.25, -0.2) is 4.98 Å². The van der Waals surface area contributed by atoms with Crippen molar-refractivity contribution in [1.29, 1.82) is 0 Å². The Labute approximate surface area is 222 Å². The number of oxazole rings is 1. The van der Waals surface area contributed by atoms with Crippen LogP contribution in [0.4, 0.5) is 13.2 Å². The third kappa shape index (κ3) is 7.15. The summed E-state index contributed by atoms with van der Waals surface area (Å²) in [4.78, 5) is 15.7. The third-order valence-electron chi connectivity index (χ3n) is 5.91. The van der Waals surface area contributed by atoms with Crippen molar-refractivity contribution in [3.8, 4) is 17.2 Å². The molecule has 0 spiro atoms. The summed E-state index contributed by atoms with van der Waals surface area (Å²) < 4.78 is 83.4. The Kier molecular flexibility index (Phi) is 8.59. The summed E-state index contributed by atoms with van der Waals surface area (Å²) in [5.74, 6) is -0.411. The van der Waals surface area contributed by atoms with Crippen LogP contribution in [0.2, 0.25) is 0 Å². The number of hydrogen-bond donors (Lipinski definition) is 1. The van der Waals surface area contributed by atoms with Gasteiger partial charge in [-0.3, -0.25) is 4.79 Å². The molecule has 2 heterocycles. The van der Waals surface area contributed by atoms with Crippen LogP contribution >= 0.6 is 0 Å². The fraction of sp³-hybridized carbons (Fsp3) is 0.360. The molecule has 4 rings (SSSR count). The van der Waals surface area contributed by atoms with Gasteiger partial charge in [-0.15, -0.1) is 0 Å². The zero-order chi connectivity index (χ0) is 28.2. The van der Waals surface area contributed by atoms with Crippen LogP contribution in [0.1, 0.15) is 22.6 Å². The number of nitrogens with zero attached hydrogens (tertiary/aromatic N) is 3. The molecule has 2 aromatic carbocycles. The van der Waals surface area contributed by atoms with Crippen molar-refractivity contribution in [2.75, 3.05) is 32.8 Å². The van der Waals surface area contributed by atoms with E-state index >= 15 is 0 Å². The van der Waals surface area contributed by atoms with Crippen molar-refractivity contribution < 1.29 is 45.4 Å². The second-order valence-corrected chi connectivity index (χ2v) is 10.6. The first-order chi connectivity index (χ1) is 18.4. The summed E-state index contributed by atoms with van der Waals surface area (Å²) in [5.41, 5.74) is 0.590. The van der Waals surface area contributed by atoms with E-state index in [0.29, 0.717) is 28.3 Å². The minimum absolute atomic E-state index is 0.0478. The van der Waals surface area contributed by atoms with E-state index in [4.69, 9.17) is 13.9 Å². The zero-order valence-electron chi connectivity index (χ0n) is 20.8. The third-order valence-corrected chi connectivity index (χ3v) is 7.84. The Balaban J connectivity index is 1.45. The first-order valence-electron chi connectivity index (χ1n) is 11.8. The second kappa shape index (κ2) is 11.7. The smallest absolute Gasteiger partial charge is 0.416 e. The minimum atomic E-state index is -4.45. The van der Waals surface area contributed by atoms with Crippen LogP contribution in [-0.2, 0) is 39.1 Å². The van der Waals surface area contributed by atoms with Crippen molar-refractivity contribution in [2.45, 2.75) is 26.3 Å². The van der Waals surface area contributed by atoms with Crippen LogP contribution in [0.15, 0.2) is 52.9 Å². The van der Waals surface area contributed by atoms with E-state index < -0.39 is 34.5 Å². The molecule has 0 radical (unpaired) electrons. The number of carboxylic acids is 1. The summed E-state index contributed by atoms with van der Waals surface area (Å²) in [5, 5.41) is 9.31. The van der Waals surface area contributed by atoms with Gasteiger partial charge in [-0.1, -0.05) is 12.1 Å². The molecule has 210 valence electrons. The van der Waals surface area contributed by atoms with Crippen molar-refractivity contribution >= 4 is 16.2 Å². The number of carbonyl (C=O) groups is 1. The number of benzene rings is 2. The maximum absolute atomic E-state index is 13.1. The van der Waals surface area contributed by atoms with E-state index in [2.05, 4.69) is 4.98 Å². The lowest BCUT2D eigenvalue weighted by Gasteiger charge is -2.31. The molecule has 0 bridgehead atoms. The van der Waals surface area contributed by atoms with Gasteiger partial charge in [0.15, 0.2) is 5.76 Å². The van der Waals surface area contributed by atoms with Gasteiger partial charge >= 0.3 is 12.1 Å². The molecule has 14 heteroatoms. The van der Waals surface area contributed by atoms with Gasteiger partial charge in [0.25, 0.3) is 10.2 Å². The summed E-state index contributed by atoms with van der Waals surface area (Å²) in [6.45, 7) is 1.44. The first-order valence-corrected chi connectivity index (χ1v) is 13.2. The molecular formula is C25H26F3N3O7S. The largest absolute Gasteiger partial charge is 0.486 e. The van der Waals surface area contributed by atoms with Crippen LogP contribution in [0.25, 0.3) is 11.5 Å². The van der Waals surface area contributed by atoms with Gasteiger partial charge in [0.05, 0.1) is 24.5 Å². The summed E-state index contributed by atoms with van der Waals surface area (Å²) >= 11 is 0. The predicted octanol–water partition coefficient (Wildman–Crippen LogP) is 3.71. The number of halogens is 3. The molecule has 0 atom stereocenters. The fourth-order valence-corrected chi connectivity index (χ4v) is 5.41. The number of carboxylic acid groups (broad SMARTS) is 1. The van der Waals surface area contributed by atoms with Crippen LogP contribution in [0.3, 0.4) is 0 Å². The molecule has 1 N–H and O–H groups in total. The summed E-state index contributed by atoms with van der Waals surface area (Å²) in [6.07, 6.45) is -4.45. The van der Waals surface area contributed by atoms with E-state index in [-0.39, 0.29) is 45.3 Å². The van der Waals surface area contributed by atoms with Crippen molar-refractivity contribution in [2.24, 2.45) is 0 Å². The van der Waals surface area contributed by atoms with Crippen LogP contribution in [0, 0.1) is 6.92 Å². The van der Waals surface area contributed by atoms with Gasteiger partial charge in [0.1, 0.15) is 18.9 Å². The normalized spacial score (nSPS) is 15.0. The van der Waals surface area contributed by atoms with Crippen LogP contribution in [-0.4, -0.2) is 65.9 Å². The van der Waals surface area contributed by atoms with Gasteiger partial charge in [-0.05, 0) is 48.9 Å². The fourth-order valence-electron chi connectivity index (χ4n) is 3.88. The molecule has 1 aliphatic rings. The number of morpholine rings is 1. The molecule has 1 aliphatic heterocycles. The van der Waals surface area contributed by atoms with Crippen molar-refractivity contribution in [1.82, 2.24) is 13.6 Å². The molecule has 39 heavy (non-hydrogen) atoms. The maximum atomic E-state index is 13.1. The SMILES string of the molecule is Cc1nc(-c2ccc(C(F)(F)F)cc2)oc1COc1cccc(CN(CC(=O)O)S(=O)(=O)N2CCOCC2)c1. The number of aryl methyl sites for hydroxylation is 1. The lowest BCUT2D eigenvalue weighted by Crippen LogP contribution is -2.49. The number of aromatic nitrogens is 1. The Morgan fingerprint density at radius 2 is 1.85 bits per heavy atom. The zero-order valence-corrected chi connectivity index (χ0v) is 21.7. The van der Waals surface area contributed by atoms with Crippen LogP contribution in [0.5, 0.6) is 5.75 Å². The highest BCUT2D eigenvalue weighted by molar-refractivity contribution is 7.86. The van der Waals surface area contributed by atoms with E-state index in [9.17, 15) is 31.5 Å². The summed E-state index contributed by atoms with van der Waals surface area (Å²) in [6, 6.07) is 11.0. The second-order valence-electron chi connectivity index (χ2n) is 8.72. The number of hydrogen-bond acceptors (Lipinski definition) is 7. The molecule has 10 nitrogen and oxygen atoms in total. The van der Waals surface area contributed by atoms with Gasteiger partial charge < -0.3 is 19.0 Å². The Bertz CT molecular complexity index is 1400. The highest BCUT2D eigenvalue weighted by atomic mass is 32.2. The van der Waals surface area contributed by atoms with Crippen molar-refractivity contribution in [3.05, 3.63) is 71.1 Å². The number of aliphatic carboxylic acids is 1. The van der Waals surface area contributed by atoms with E-state index in [1.165, 1.54) is 16.4 Å². The van der Waals surface area contributed by atoms with E-state index in [1.807, 2.05) is 0 Å². The Morgan fingerprint density at radius 3 is 2.49 bits per heavy atom.